The maximum Gasteiger partial charge on any atom is 0.330 e. The van der Waals surface area contributed by atoms with Crippen molar-refractivity contribution in [3.8, 4) is 22.6 Å². The molecule has 0 bridgehead atoms. The highest BCUT2D eigenvalue weighted by Crippen LogP contribution is 2.25. The van der Waals surface area contributed by atoms with Crippen molar-refractivity contribution < 1.29 is 24.1 Å². The molecule has 0 heterocycles. The molecule has 1 atom stereocenters. The second kappa shape index (κ2) is 14.0. The monoisotopic (exact) mass is 474 g/mol. The van der Waals surface area contributed by atoms with Crippen LogP contribution in [0.2, 0.25) is 0 Å². The first-order valence-corrected chi connectivity index (χ1v) is 12.1. The Morgan fingerprint density at radius 1 is 0.829 bits per heavy atom. The molecule has 5 heteroatoms. The van der Waals surface area contributed by atoms with Crippen molar-refractivity contribution >= 4 is 5.97 Å². The first-order valence-electron chi connectivity index (χ1n) is 12.1. The first-order chi connectivity index (χ1) is 17.1. The normalized spacial score (nSPS) is 11.5. The number of unbranched alkanes of at least 4 members (excludes halogenated alkanes) is 2. The van der Waals surface area contributed by atoms with Crippen LogP contribution < -0.4 is 9.47 Å². The lowest BCUT2D eigenvalue weighted by atomic mass is 10.1. The van der Waals surface area contributed by atoms with Crippen molar-refractivity contribution in [3.63, 3.8) is 0 Å². The molecule has 0 fully saturated rings. The molecule has 3 rings (SSSR count). The van der Waals surface area contributed by atoms with E-state index in [-0.39, 0.29) is 13.2 Å². The number of hydrogen-bond donors (Lipinski definition) is 1. The highest BCUT2D eigenvalue weighted by Gasteiger charge is 2.08. The van der Waals surface area contributed by atoms with E-state index in [0.29, 0.717) is 12.4 Å². The van der Waals surface area contributed by atoms with E-state index in [0.717, 1.165) is 34.9 Å². The van der Waals surface area contributed by atoms with Gasteiger partial charge in [-0.3, -0.25) is 0 Å². The Balaban J connectivity index is 1.45. The standard InChI is InChI=1S/C30H34O5/c1-3-5-6-7-23-8-10-24(11-9-23)20-33-28-16-12-25(13-17-28)26-14-18-29(19-15-26)34-21-27(31)22-35-30(32)4-2/h4,8-19,27,31H,2-3,5-7,20-22H2,1H3. The second-order valence-electron chi connectivity index (χ2n) is 8.41. The number of carbonyl (C=O) groups is 1. The first kappa shape index (κ1) is 26.0. The molecule has 5 nitrogen and oxygen atoms in total. The lowest BCUT2D eigenvalue weighted by Crippen LogP contribution is -2.24. The summed E-state index contributed by atoms with van der Waals surface area (Å²) >= 11 is 0. The number of aryl methyl sites for hydroxylation is 1. The van der Waals surface area contributed by atoms with Crippen LogP contribution in [0, 0.1) is 0 Å². The summed E-state index contributed by atoms with van der Waals surface area (Å²) in [6, 6.07) is 24.3. The zero-order valence-corrected chi connectivity index (χ0v) is 20.3. The van der Waals surface area contributed by atoms with Crippen LogP contribution in [0.5, 0.6) is 11.5 Å². The third-order valence-corrected chi connectivity index (χ3v) is 5.57. The minimum Gasteiger partial charge on any atom is -0.491 e. The fraction of sp³-hybridized carbons (Fsp3) is 0.300. The Kier molecular flexibility index (Phi) is 10.4. The van der Waals surface area contributed by atoms with Gasteiger partial charge in [-0.05, 0) is 59.4 Å². The van der Waals surface area contributed by atoms with Crippen molar-refractivity contribution in [2.24, 2.45) is 0 Å². The lowest BCUT2D eigenvalue weighted by Gasteiger charge is -2.12. The van der Waals surface area contributed by atoms with Crippen LogP contribution >= 0.6 is 0 Å². The molecule has 0 amide bonds. The number of rotatable bonds is 14. The van der Waals surface area contributed by atoms with E-state index in [1.54, 1.807) is 0 Å². The van der Waals surface area contributed by atoms with Gasteiger partial charge in [0.25, 0.3) is 0 Å². The van der Waals surface area contributed by atoms with Crippen LogP contribution in [0.4, 0.5) is 0 Å². The predicted molar refractivity (Wildman–Crippen MR) is 139 cm³/mol. The molecule has 0 spiro atoms. The third-order valence-electron chi connectivity index (χ3n) is 5.57. The van der Waals surface area contributed by atoms with Gasteiger partial charge < -0.3 is 19.3 Å². The van der Waals surface area contributed by atoms with Crippen LogP contribution in [-0.4, -0.2) is 30.4 Å². The highest BCUT2D eigenvalue weighted by atomic mass is 16.5. The molecule has 0 saturated carbocycles. The van der Waals surface area contributed by atoms with Crippen molar-refractivity contribution in [3.05, 3.63) is 96.6 Å². The van der Waals surface area contributed by atoms with Crippen LogP contribution in [0.1, 0.15) is 37.3 Å². The second-order valence-corrected chi connectivity index (χ2v) is 8.41. The van der Waals surface area contributed by atoms with Crippen molar-refractivity contribution in [2.75, 3.05) is 13.2 Å². The van der Waals surface area contributed by atoms with Gasteiger partial charge in [0.1, 0.15) is 37.4 Å². The van der Waals surface area contributed by atoms with Crippen LogP contribution in [0.3, 0.4) is 0 Å². The molecule has 1 unspecified atom stereocenters. The Morgan fingerprint density at radius 2 is 1.40 bits per heavy atom. The van der Waals surface area contributed by atoms with E-state index >= 15 is 0 Å². The lowest BCUT2D eigenvalue weighted by molar-refractivity contribution is -0.141. The molecule has 0 aliphatic carbocycles. The zero-order valence-electron chi connectivity index (χ0n) is 20.3. The molecule has 0 saturated heterocycles. The maximum absolute atomic E-state index is 11.0. The van der Waals surface area contributed by atoms with Gasteiger partial charge in [0.05, 0.1) is 0 Å². The summed E-state index contributed by atoms with van der Waals surface area (Å²) in [6.07, 6.45) is 5.05. The third kappa shape index (κ3) is 8.95. The molecule has 0 aliphatic rings. The predicted octanol–water partition coefficient (Wildman–Crippen LogP) is 6.13. The fourth-order valence-corrected chi connectivity index (χ4v) is 3.51. The molecule has 3 aromatic carbocycles. The molecule has 0 aliphatic heterocycles. The number of ether oxygens (including phenoxy) is 3. The van der Waals surface area contributed by atoms with Gasteiger partial charge in [0, 0.05) is 6.08 Å². The Morgan fingerprint density at radius 3 is 1.97 bits per heavy atom. The van der Waals surface area contributed by atoms with E-state index in [1.165, 1.54) is 24.8 Å². The Bertz CT molecular complexity index is 1040. The highest BCUT2D eigenvalue weighted by molar-refractivity contribution is 5.81. The maximum atomic E-state index is 11.0. The number of aliphatic hydroxyl groups is 1. The van der Waals surface area contributed by atoms with Crippen molar-refractivity contribution in [1.29, 1.82) is 0 Å². The number of carbonyl (C=O) groups excluding carboxylic acids is 1. The number of esters is 1. The summed E-state index contributed by atoms with van der Waals surface area (Å²) in [6.45, 7) is 5.96. The average molecular weight is 475 g/mol. The molecule has 184 valence electrons. The SMILES string of the molecule is C=CC(=O)OCC(O)COc1ccc(-c2ccc(OCc3ccc(CCCCC)cc3)cc2)cc1. The average Bonchev–Trinajstić information content (AvgIpc) is 2.91. The minimum atomic E-state index is -0.908. The van der Waals surface area contributed by atoms with E-state index in [9.17, 15) is 9.90 Å². The van der Waals surface area contributed by atoms with Gasteiger partial charge in [-0.2, -0.15) is 0 Å². The summed E-state index contributed by atoms with van der Waals surface area (Å²) in [4.78, 5) is 11.0. The van der Waals surface area contributed by atoms with Gasteiger partial charge in [0.15, 0.2) is 0 Å². The van der Waals surface area contributed by atoms with Crippen molar-refractivity contribution in [2.45, 2.75) is 45.3 Å². The molecule has 1 N–H and O–H groups in total. The van der Waals surface area contributed by atoms with E-state index in [4.69, 9.17) is 14.2 Å². The van der Waals surface area contributed by atoms with Gasteiger partial charge in [-0.15, -0.1) is 0 Å². The molecule has 0 aromatic heterocycles. The van der Waals surface area contributed by atoms with Gasteiger partial charge in [0.2, 0.25) is 0 Å². The van der Waals surface area contributed by atoms with Crippen molar-refractivity contribution in [1.82, 2.24) is 0 Å². The molecule has 0 radical (unpaired) electrons. The Labute approximate surface area is 208 Å². The van der Waals surface area contributed by atoms with Gasteiger partial charge >= 0.3 is 5.97 Å². The summed E-state index contributed by atoms with van der Waals surface area (Å²) in [5.41, 5.74) is 4.65. The summed E-state index contributed by atoms with van der Waals surface area (Å²) in [7, 11) is 0. The molecular weight excluding hydrogens is 440 g/mol. The van der Waals surface area contributed by atoms with E-state index in [1.807, 2.05) is 48.5 Å². The van der Waals surface area contributed by atoms with Gasteiger partial charge in [-0.1, -0.05) is 74.9 Å². The van der Waals surface area contributed by atoms with E-state index in [2.05, 4.69) is 37.8 Å². The quantitative estimate of drug-likeness (QED) is 0.173. The molecular formula is C30H34O5. The van der Waals surface area contributed by atoms with Crippen LogP contribution in [0.15, 0.2) is 85.5 Å². The summed E-state index contributed by atoms with van der Waals surface area (Å²) < 4.78 is 16.3. The zero-order chi connectivity index (χ0) is 24.9. The fourth-order valence-electron chi connectivity index (χ4n) is 3.51. The topological polar surface area (TPSA) is 65.0 Å². The molecule has 35 heavy (non-hydrogen) atoms. The van der Waals surface area contributed by atoms with Crippen LogP contribution in [-0.2, 0) is 22.6 Å². The number of hydrogen-bond acceptors (Lipinski definition) is 5. The summed E-state index contributed by atoms with van der Waals surface area (Å²) in [5.74, 6) is 0.877. The van der Waals surface area contributed by atoms with E-state index < -0.39 is 12.1 Å². The minimum absolute atomic E-state index is 0.0252. The number of aliphatic hydroxyl groups excluding tert-OH is 1. The summed E-state index contributed by atoms with van der Waals surface area (Å²) in [5, 5.41) is 9.83. The molecule has 3 aromatic rings. The van der Waals surface area contributed by atoms with Crippen LogP contribution in [0.25, 0.3) is 11.1 Å². The Hall–Kier alpha value is -3.57. The largest absolute Gasteiger partial charge is 0.491 e. The number of benzene rings is 3. The van der Waals surface area contributed by atoms with Gasteiger partial charge in [-0.25, -0.2) is 4.79 Å². The smallest absolute Gasteiger partial charge is 0.330 e.